The van der Waals surface area contributed by atoms with Crippen LogP contribution in [0.5, 0.6) is 0 Å². The van der Waals surface area contributed by atoms with Crippen molar-refractivity contribution in [3.8, 4) is 6.07 Å². The highest BCUT2D eigenvalue weighted by Crippen LogP contribution is 2.43. The van der Waals surface area contributed by atoms with E-state index in [0.717, 1.165) is 37.7 Å². The Morgan fingerprint density at radius 2 is 1.71 bits per heavy atom. The predicted molar refractivity (Wildman–Crippen MR) is 212 cm³/mol. The molecule has 2 saturated heterocycles. The van der Waals surface area contributed by atoms with Gasteiger partial charge in [-0.3, -0.25) is 24.1 Å². The number of aliphatic hydroxyl groups is 1. The number of ketones is 2. The number of Topliss-reactive ketones (excluding diaryl/α,β-unsaturated/α-hetero) is 2. The normalized spacial score (nSPS) is 24.9. The Hall–Kier alpha value is -3.17. The summed E-state index contributed by atoms with van der Waals surface area (Å²) in [4.78, 5) is 61.9. The first-order chi connectivity index (χ1) is 26.3. The number of likely N-dealkylation sites (N-methyl/N-ethyl adjacent to an activating group) is 1. The quantitative estimate of drug-likeness (QED) is 0.155. The molecule has 11 atom stereocenters. The second-order valence-corrected chi connectivity index (χ2v) is 17.0. The van der Waals surface area contributed by atoms with Crippen LogP contribution in [0.2, 0.25) is 0 Å². The van der Waals surface area contributed by atoms with Gasteiger partial charge >= 0.3 is 0 Å². The maximum absolute atomic E-state index is 14.4. The molecule has 0 spiro atoms. The van der Waals surface area contributed by atoms with Crippen LogP contribution in [0.15, 0.2) is 30.3 Å². The number of likely N-dealkylation sites (tertiary alicyclic amines) is 2. The Kier molecular flexibility index (Phi) is 16.9. The summed E-state index contributed by atoms with van der Waals surface area (Å²) in [6.45, 7) is 10.6. The Morgan fingerprint density at radius 3 is 2.31 bits per heavy atom. The Balaban J connectivity index is 1.45. The second-order valence-electron chi connectivity index (χ2n) is 17.0. The number of carbonyl (C=O) groups excluding carboxylic acids is 4. The number of methoxy groups -OCH3 is 2. The molecular formula is C44H68N4O7. The van der Waals surface area contributed by atoms with Crippen molar-refractivity contribution in [3.63, 3.8) is 0 Å². The minimum Gasteiger partial charge on any atom is -0.396 e. The molecule has 0 radical (unpaired) electrons. The maximum atomic E-state index is 14.4. The van der Waals surface area contributed by atoms with Gasteiger partial charge < -0.3 is 24.4 Å². The van der Waals surface area contributed by atoms with Gasteiger partial charge in [0.1, 0.15) is 5.78 Å². The molecule has 1 aliphatic carbocycles. The number of ether oxygens (including phenoxy) is 2. The van der Waals surface area contributed by atoms with E-state index >= 15 is 0 Å². The van der Waals surface area contributed by atoms with Gasteiger partial charge in [0.2, 0.25) is 11.8 Å². The summed E-state index contributed by atoms with van der Waals surface area (Å²) < 4.78 is 12.1. The van der Waals surface area contributed by atoms with Gasteiger partial charge in [-0.1, -0.05) is 71.4 Å². The lowest BCUT2D eigenvalue weighted by molar-refractivity contribution is -0.149. The number of fused-ring (bicyclic) bond motifs is 2. The summed E-state index contributed by atoms with van der Waals surface area (Å²) in [7, 11) is 4.95. The predicted octanol–water partition coefficient (Wildman–Crippen LogP) is 5.32. The lowest BCUT2D eigenvalue weighted by atomic mass is 9.83. The van der Waals surface area contributed by atoms with Crippen molar-refractivity contribution in [2.24, 2.45) is 35.5 Å². The topological polar surface area (TPSA) is 140 Å². The van der Waals surface area contributed by atoms with Gasteiger partial charge in [0, 0.05) is 65.1 Å². The Bertz CT molecular complexity index is 1470. The van der Waals surface area contributed by atoms with Crippen molar-refractivity contribution in [2.45, 2.75) is 135 Å². The molecule has 306 valence electrons. The van der Waals surface area contributed by atoms with E-state index < -0.39 is 30.1 Å². The van der Waals surface area contributed by atoms with Crippen LogP contribution in [0.3, 0.4) is 0 Å². The molecule has 2 heterocycles. The molecule has 3 fully saturated rings. The van der Waals surface area contributed by atoms with Crippen LogP contribution >= 0.6 is 0 Å². The Labute approximate surface area is 330 Å². The third-order valence-corrected chi connectivity index (χ3v) is 13.3. The van der Waals surface area contributed by atoms with Gasteiger partial charge in [0.05, 0.1) is 49.4 Å². The minimum atomic E-state index is -0.596. The molecular weight excluding hydrogens is 697 g/mol. The van der Waals surface area contributed by atoms with Crippen LogP contribution in [0, 0.1) is 46.8 Å². The zero-order valence-corrected chi connectivity index (χ0v) is 34.7. The van der Waals surface area contributed by atoms with Gasteiger partial charge in [-0.05, 0) is 67.8 Å². The molecule has 2 amide bonds. The van der Waals surface area contributed by atoms with Crippen LogP contribution < -0.4 is 0 Å². The van der Waals surface area contributed by atoms with Crippen LogP contribution in [0.1, 0.15) is 98.0 Å². The number of nitrogens with zero attached hydrogens (tertiary/aromatic N) is 4. The third kappa shape index (κ3) is 10.6. The molecule has 11 nitrogen and oxygen atoms in total. The highest BCUT2D eigenvalue weighted by molar-refractivity contribution is 5.90. The number of hydrogen-bond acceptors (Lipinski definition) is 9. The summed E-state index contributed by atoms with van der Waals surface area (Å²) in [6.07, 6.45) is 5.09. The lowest BCUT2D eigenvalue weighted by Gasteiger charge is -2.41. The Morgan fingerprint density at radius 1 is 1.00 bits per heavy atom. The number of carbonyl (C=O) groups is 4. The molecule has 55 heavy (non-hydrogen) atoms. The minimum absolute atomic E-state index is 0.000926. The zero-order chi connectivity index (χ0) is 40.4. The highest BCUT2D eigenvalue weighted by Gasteiger charge is 2.50. The first kappa shape index (κ1) is 44.5. The molecule has 1 saturated carbocycles. The summed E-state index contributed by atoms with van der Waals surface area (Å²) >= 11 is 0. The van der Waals surface area contributed by atoms with E-state index in [1.54, 1.807) is 26.2 Å². The molecule has 1 N–H and O–H groups in total. The number of hydrogen-bond donors (Lipinski definition) is 1. The van der Waals surface area contributed by atoms with E-state index in [1.807, 2.05) is 56.0 Å². The van der Waals surface area contributed by atoms with Crippen molar-refractivity contribution in [1.29, 1.82) is 5.26 Å². The number of benzene rings is 1. The van der Waals surface area contributed by atoms with Gasteiger partial charge in [-0.2, -0.15) is 5.26 Å². The van der Waals surface area contributed by atoms with E-state index in [-0.39, 0.29) is 97.6 Å². The molecule has 0 unspecified atom stereocenters. The largest absolute Gasteiger partial charge is 0.396 e. The fourth-order valence-corrected chi connectivity index (χ4v) is 10.0. The van der Waals surface area contributed by atoms with Gasteiger partial charge in [0.25, 0.3) is 0 Å². The van der Waals surface area contributed by atoms with Crippen LogP contribution in [0.25, 0.3) is 0 Å². The molecule has 4 rings (SSSR count). The molecule has 2 bridgehead atoms. The maximum Gasteiger partial charge on any atom is 0.226 e. The van der Waals surface area contributed by atoms with E-state index in [0.29, 0.717) is 19.4 Å². The van der Waals surface area contributed by atoms with Crippen LogP contribution in [-0.4, -0.2) is 121 Å². The van der Waals surface area contributed by atoms with E-state index in [4.69, 9.17) is 9.47 Å². The number of aliphatic hydroxyl groups excluding tert-OH is 1. The molecule has 3 aliphatic rings. The summed E-state index contributed by atoms with van der Waals surface area (Å²) in [5.74, 6) is -1.25. The highest BCUT2D eigenvalue weighted by atomic mass is 16.5. The van der Waals surface area contributed by atoms with Crippen molar-refractivity contribution in [3.05, 3.63) is 35.9 Å². The zero-order valence-electron chi connectivity index (χ0n) is 34.7. The second kappa shape index (κ2) is 20.8. The molecule has 1 aromatic rings. The monoisotopic (exact) mass is 765 g/mol. The molecule has 2 aliphatic heterocycles. The van der Waals surface area contributed by atoms with Gasteiger partial charge in [0.15, 0.2) is 5.78 Å². The average molecular weight is 765 g/mol. The SMILES string of the molecule is CC[C@H](C)[C@@H]([C@@H](CC(=O)N1CCC[C@H]1[C@H](OC)[C@@H](C)C(=O)C[C@H](CO)Cc1ccccc1)OC)N(C)C(=O)[C@@H](CC(=O)[C@@H]1[C@H]2CC[C@H](C2)N1CC#N)C(C)C. The summed E-state index contributed by atoms with van der Waals surface area (Å²) in [5, 5.41) is 19.6. The standard InChI is InChI=1S/C44H68N4O7/c1-9-29(4)41(46(6)44(53)35(28(2)3)25-38(51)42-33-17-18-34(24-33)47(42)21-19-45)39(54-7)26-40(52)48-20-13-16-36(48)43(55-8)30(5)37(50)23-32(27-49)22-31-14-11-10-12-15-31/h10-12,14-15,28-30,32-36,39,41-43,49H,9,13,16-18,20-27H2,1-8H3/t29-,30-,32+,33-,34+,35-,36-,39+,41-,42-,43+/m0/s1. The summed E-state index contributed by atoms with van der Waals surface area (Å²) in [5.41, 5.74) is 1.07. The van der Waals surface area contributed by atoms with Gasteiger partial charge in [-0.15, -0.1) is 0 Å². The van der Waals surface area contributed by atoms with Crippen molar-refractivity contribution >= 4 is 23.4 Å². The number of amides is 2. The molecule has 0 aromatic heterocycles. The lowest BCUT2D eigenvalue weighted by Crippen LogP contribution is -2.54. The van der Waals surface area contributed by atoms with E-state index in [9.17, 15) is 29.5 Å². The fourth-order valence-electron chi connectivity index (χ4n) is 10.0. The molecule has 1 aromatic carbocycles. The number of rotatable bonds is 22. The first-order valence-electron chi connectivity index (χ1n) is 20.8. The van der Waals surface area contributed by atoms with Crippen molar-refractivity contribution < 1.29 is 33.8 Å². The third-order valence-electron chi connectivity index (χ3n) is 13.3. The first-order valence-corrected chi connectivity index (χ1v) is 20.8. The van der Waals surface area contributed by atoms with E-state index in [1.165, 1.54) is 0 Å². The van der Waals surface area contributed by atoms with Crippen molar-refractivity contribution in [1.82, 2.24) is 14.7 Å². The van der Waals surface area contributed by atoms with E-state index in [2.05, 4.69) is 24.8 Å². The fraction of sp³-hybridized carbons (Fsp3) is 0.750. The van der Waals surface area contributed by atoms with Gasteiger partial charge in [-0.25, -0.2) is 0 Å². The summed E-state index contributed by atoms with van der Waals surface area (Å²) in [6, 6.07) is 11.3. The number of nitriles is 1. The average Bonchev–Trinajstić information content (AvgIpc) is 3.94. The molecule has 11 heteroatoms. The van der Waals surface area contributed by atoms with Crippen LogP contribution in [0.4, 0.5) is 0 Å². The van der Waals surface area contributed by atoms with Crippen molar-refractivity contribution in [2.75, 3.05) is 41.0 Å². The number of piperidine rings is 1. The smallest absolute Gasteiger partial charge is 0.226 e. The van der Waals surface area contributed by atoms with Crippen LogP contribution in [-0.2, 0) is 35.1 Å².